The summed E-state index contributed by atoms with van der Waals surface area (Å²) in [4.78, 5) is 11.7. The lowest BCUT2D eigenvalue weighted by Crippen LogP contribution is -2.27. The molecule has 2 rings (SSSR count). The van der Waals surface area contributed by atoms with Crippen molar-refractivity contribution in [3.05, 3.63) is 17.7 Å². The smallest absolute Gasteiger partial charge is 0.224 e. The van der Waals surface area contributed by atoms with Gasteiger partial charge >= 0.3 is 0 Å². The number of nitrogens with one attached hydrogen (secondary N) is 1. The maximum Gasteiger partial charge on any atom is 0.224 e. The van der Waals surface area contributed by atoms with Crippen LogP contribution in [0.2, 0.25) is 0 Å². The first-order valence-corrected chi connectivity index (χ1v) is 5.93. The average Bonchev–Trinajstić information content (AvgIpc) is 3.14. The number of carbonyl (C=O) groups excluding carboxylic acids is 1. The van der Waals surface area contributed by atoms with Crippen molar-refractivity contribution in [2.75, 3.05) is 20.0 Å². The van der Waals surface area contributed by atoms with E-state index in [4.69, 9.17) is 15.2 Å². The van der Waals surface area contributed by atoms with Gasteiger partial charge < -0.3 is 20.5 Å². The highest BCUT2D eigenvalue weighted by Gasteiger charge is 2.23. The first kappa shape index (κ1) is 12.5. The highest BCUT2D eigenvalue weighted by Crippen LogP contribution is 2.32. The fraction of sp³-hybridized carbons (Fsp3) is 0.462. The van der Waals surface area contributed by atoms with Gasteiger partial charge in [-0.3, -0.25) is 4.79 Å². The van der Waals surface area contributed by atoms with Gasteiger partial charge in [0.2, 0.25) is 5.91 Å². The fourth-order valence-corrected chi connectivity index (χ4v) is 1.77. The average molecular weight is 250 g/mol. The van der Waals surface area contributed by atoms with Crippen molar-refractivity contribution in [3.63, 3.8) is 0 Å². The zero-order chi connectivity index (χ0) is 13.1. The molecule has 1 aliphatic carbocycles. The summed E-state index contributed by atoms with van der Waals surface area (Å²) >= 11 is 0. The second-order valence-corrected chi connectivity index (χ2v) is 4.42. The molecular weight excluding hydrogens is 232 g/mol. The molecule has 1 aromatic rings. The number of methoxy groups -OCH3 is 2. The monoisotopic (exact) mass is 250 g/mol. The number of rotatable bonds is 5. The third-order valence-electron chi connectivity index (χ3n) is 2.94. The van der Waals surface area contributed by atoms with Gasteiger partial charge in [0, 0.05) is 17.8 Å². The van der Waals surface area contributed by atoms with Gasteiger partial charge in [0.05, 0.1) is 20.6 Å². The highest BCUT2D eigenvalue weighted by atomic mass is 16.5. The zero-order valence-electron chi connectivity index (χ0n) is 10.7. The van der Waals surface area contributed by atoms with E-state index in [1.54, 1.807) is 26.4 Å². The van der Waals surface area contributed by atoms with Crippen molar-refractivity contribution in [2.24, 2.45) is 0 Å². The molecule has 0 atom stereocenters. The Morgan fingerprint density at radius 3 is 2.50 bits per heavy atom. The van der Waals surface area contributed by atoms with Crippen LogP contribution in [0.5, 0.6) is 11.5 Å². The molecule has 5 heteroatoms. The van der Waals surface area contributed by atoms with Gasteiger partial charge in [0.25, 0.3) is 0 Å². The van der Waals surface area contributed by atoms with Crippen LogP contribution < -0.4 is 20.5 Å². The molecule has 0 bridgehead atoms. The molecule has 1 saturated carbocycles. The lowest BCUT2D eigenvalue weighted by atomic mass is 10.1. The quantitative estimate of drug-likeness (QED) is 0.768. The normalized spacial score (nSPS) is 14.1. The van der Waals surface area contributed by atoms with E-state index in [-0.39, 0.29) is 12.3 Å². The van der Waals surface area contributed by atoms with E-state index in [1.165, 1.54) is 0 Å². The number of nitrogens with two attached hydrogens (primary N) is 1. The third kappa shape index (κ3) is 2.85. The summed E-state index contributed by atoms with van der Waals surface area (Å²) in [5.41, 5.74) is 7.20. The van der Waals surface area contributed by atoms with Crippen molar-refractivity contribution in [1.82, 2.24) is 5.32 Å². The SMILES string of the molecule is COc1cc(N)c(CC(=O)NC2CC2)cc1OC. The molecule has 0 heterocycles. The maximum atomic E-state index is 11.7. The van der Waals surface area contributed by atoms with Crippen LogP contribution >= 0.6 is 0 Å². The number of hydrogen-bond donors (Lipinski definition) is 2. The standard InChI is InChI=1S/C13H18N2O3/c1-17-11-5-8(10(14)7-12(11)18-2)6-13(16)15-9-3-4-9/h5,7,9H,3-4,6,14H2,1-2H3,(H,15,16). The number of ether oxygens (including phenoxy) is 2. The Morgan fingerprint density at radius 2 is 1.94 bits per heavy atom. The van der Waals surface area contributed by atoms with E-state index in [2.05, 4.69) is 5.32 Å². The van der Waals surface area contributed by atoms with Crippen LogP contribution in [-0.4, -0.2) is 26.2 Å². The molecule has 0 spiro atoms. The molecule has 1 aromatic carbocycles. The molecule has 18 heavy (non-hydrogen) atoms. The van der Waals surface area contributed by atoms with Crippen molar-refractivity contribution in [2.45, 2.75) is 25.3 Å². The van der Waals surface area contributed by atoms with E-state index in [0.717, 1.165) is 18.4 Å². The van der Waals surface area contributed by atoms with Crippen LogP contribution in [-0.2, 0) is 11.2 Å². The van der Waals surface area contributed by atoms with Crippen LogP contribution in [0.15, 0.2) is 12.1 Å². The molecule has 98 valence electrons. The molecule has 1 amide bonds. The molecule has 1 fully saturated rings. The van der Waals surface area contributed by atoms with Crippen molar-refractivity contribution in [3.8, 4) is 11.5 Å². The van der Waals surface area contributed by atoms with E-state index in [1.807, 2.05) is 0 Å². The Bertz CT molecular complexity index is 456. The predicted octanol–water partition coefficient (Wildman–Crippen LogP) is 1.11. The topological polar surface area (TPSA) is 73.6 Å². The van der Waals surface area contributed by atoms with Crippen LogP contribution in [0.25, 0.3) is 0 Å². The summed E-state index contributed by atoms with van der Waals surface area (Å²) in [6.07, 6.45) is 2.42. The molecule has 1 aliphatic rings. The van der Waals surface area contributed by atoms with E-state index in [0.29, 0.717) is 23.2 Å². The third-order valence-corrected chi connectivity index (χ3v) is 2.94. The van der Waals surface area contributed by atoms with Gasteiger partial charge in [-0.2, -0.15) is 0 Å². The second kappa shape index (κ2) is 5.16. The van der Waals surface area contributed by atoms with Crippen LogP contribution in [0.4, 0.5) is 5.69 Å². The van der Waals surface area contributed by atoms with Gasteiger partial charge in [0.15, 0.2) is 11.5 Å². The summed E-state index contributed by atoms with van der Waals surface area (Å²) in [6, 6.07) is 3.79. The molecule has 0 radical (unpaired) electrons. The van der Waals surface area contributed by atoms with Gasteiger partial charge in [0.1, 0.15) is 0 Å². The Morgan fingerprint density at radius 1 is 1.33 bits per heavy atom. The van der Waals surface area contributed by atoms with E-state index < -0.39 is 0 Å². The van der Waals surface area contributed by atoms with Crippen LogP contribution in [0.3, 0.4) is 0 Å². The highest BCUT2D eigenvalue weighted by molar-refractivity contribution is 5.81. The molecule has 3 N–H and O–H groups in total. The minimum Gasteiger partial charge on any atom is -0.493 e. The Kier molecular flexibility index (Phi) is 3.60. The van der Waals surface area contributed by atoms with Gasteiger partial charge in [-0.05, 0) is 24.5 Å². The number of benzene rings is 1. The second-order valence-electron chi connectivity index (χ2n) is 4.42. The minimum atomic E-state index is -0.00331. The molecule has 0 saturated heterocycles. The maximum absolute atomic E-state index is 11.7. The largest absolute Gasteiger partial charge is 0.493 e. The van der Waals surface area contributed by atoms with Crippen molar-refractivity contribution >= 4 is 11.6 Å². The minimum absolute atomic E-state index is 0.00331. The lowest BCUT2D eigenvalue weighted by molar-refractivity contribution is -0.120. The lowest BCUT2D eigenvalue weighted by Gasteiger charge is -2.12. The summed E-state index contributed by atoms with van der Waals surface area (Å²) in [6.45, 7) is 0. The summed E-state index contributed by atoms with van der Waals surface area (Å²) in [5.74, 6) is 1.15. The van der Waals surface area contributed by atoms with Crippen molar-refractivity contribution in [1.29, 1.82) is 0 Å². The fourth-order valence-electron chi connectivity index (χ4n) is 1.77. The number of carbonyl (C=O) groups is 1. The molecule has 0 unspecified atom stereocenters. The van der Waals surface area contributed by atoms with E-state index in [9.17, 15) is 4.79 Å². The summed E-state index contributed by atoms with van der Waals surface area (Å²) in [5, 5.41) is 2.93. The summed E-state index contributed by atoms with van der Waals surface area (Å²) < 4.78 is 10.3. The van der Waals surface area contributed by atoms with Gasteiger partial charge in [-0.1, -0.05) is 0 Å². The van der Waals surface area contributed by atoms with E-state index >= 15 is 0 Å². The Balaban J connectivity index is 2.13. The number of amides is 1. The molecule has 5 nitrogen and oxygen atoms in total. The Labute approximate surface area is 106 Å². The number of anilines is 1. The Hall–Kier alpha value is -1.91. The van der Waals surface area contributed by atoms with Gasteiger partial charge in [-0.15, -0.1) is 0 Å². The first-order valence-electron chi connectivity index (χ1n) is 5.93. The molecule has 0 aliphatic heterocycles. The first-order chi connectivity index (χ1) is 8.63. The van der Waals surface area contributed by atoms with Crippen LogP contribution in [0.1, 0.15) is 18.4 Å². The van der Waals surface area contributed by atoms with Crippen LogP contribution in [0, 0.1) is 0 Å². The summed E-state index contributed by atoms with van der Waals surface area (Å²) in [7, 11) is 3.11. The predicted molar refractivity (Wildman–Crippen MR) is 68.8 cm³/mol. The number of nitrogen functional groups attached to an aromatic ring is 1. The molecular formula is C13H18N2O3. The van der Waals surface area contributed by atoms with Crippen molar-refractivity contribution < 1.29 is 14.3 Å². The number of hydrogen-bond acceptors (Lipinski definition) is 4. The van der Waals surface area contributed by atoms with Gasteiger partial charge in [-0.25, -0.2) is 0 Å². The zero-order valence-corrected chi connectivity index (χ0v) is 10.7. The molecule has 0 aromatic heterocycles.